The van der Waals surface area contributed by atoms with Gasteiger partial charge in [0.2, 0.25) is 0 Å². The van der Waals surface area contributed by atoms with Gasteiger partial charge in [-0.05, 0) is 37.8 Å². The van der Waals surface area contributed by atoms with Crippen LogP contribution >= 0.6 is 11.8 Å². The minimum atomic E-state index is -0.941. The summed E-state index contributed by atoms with van der Waals surface area (Å²) in [6.07, 6.45) is 1.83. The summed E-state index contributed by atoms with van der Waals surface area (Å²) in [5.41, 5.74) is 4.45. The fraction of sp³-hybridized carbons (Fsp3) is 0.200. The zero-order valence-corrected chi connectivity index (χ0v) is 11.9. The quantitative estimate of drug-likeness (QED) is 0.864. The molecule has 0 amide bonds. The Morgan fingerprint density at radius 1 is 1.21 bits per heavy atom. The van der Waals surface area contributed by atoms with E-state index in [9.17, 15) is 4.79 Å². The van der Waals surface area contributed by atoms with Gasteiger partial charge in [-0.15, -0.1) is 11.8 Å². The van der Waals surface area contributed by atoms with Gasteiger partial charge in [0.1, 0.15) is 5.03 Å². The molecule has 1 heterocycles. The predicted octanol–water partition coefficient (Wildman–Crippen LogP) is 3.79. The van der Waals surface area contributed by atoms with Crippen LogP contribution in [0.1, 0.15) is 21.5 Å². The van der Waals surface area contributed by atoms with Crippen LogP contribution in [0, 0.1) is 13.8 Å². The first kappa shape index (κ1) is 13.6. The Labute approximate surface area is 116 Å². The van der Waals surface area contributed by atoms with Gasteiger partial charge in [-0.2, -0.15) is 0 Å². The van der Waals surface area contributed by atoms with Crippen molar-refractivity contribution in [1.82, 2.24) is 4.98 Å². The van der Waals surface area contributed by atoms with E-state index in [4.69, 9.17) is 5.11 Å². The van der Waals surface area contributed by atoms with Gasteiger partial charge in [0, 0.05) is 5.56 Å². The maximum atomic E-state index is 11.1. The first-order chi connectivity index (χ1) is 9.02. The van der Waals surface area contributed by atoms with E-state index in [1.54, 1.807) is 12.1 Å². The van der Waals surface area contributed by atoms with Gasteiger partial charge in [-0.1, -0.05) is 23.8 Å². The second-order valence-corrected chi connectivity index (χ2v) is 5.17. The average molecular weight is 273 g/mol. The fourth-order valence-corrected chi connectivity index (χ4v) is 2.57. The van der Waals surface area contributed by atoms with Gasteiger partial charge in [-0.3, -0.25) is 0 Å². The van der Waals surface area contributed by atoms with E-state index in [0.29, 0.717) is 5.03 Å². The second-order valence-electron chi connectivity index (χ2n) is 4.38. The summed E-state index contributed by atoms with van der Waals surface area (Å²) in [5.74, 6) is -0.941. The van der Waals surface area contributed by atoms with E-state index in [-0.39, 0.29) is 5.56 Å². The number of hydrogen-bond acceptors (Lipinski definition) is 3. The summed E-state index contributed by atoms with van der Waals surface area (Å²) < 4.78 is 0. The number of aromatic nitrogens is 1. The van der Waals surface area contributed by atoms with Gasteiger partial charge < -0.3 is 5.11 Å². The number of carboxylic acids is 1. The number of carboxylic acid groups (broad SMARTS) is 1. The van der Waals surface area contributed by atoms with E-state index >= 15 is 0 Å². The third kappa shape index (κ3) is 2.79. The van der Waals surface area contributed by atoms with Crippen LogP contribution < -0.4 is 0 Å². The molecule has 98 valence electrons. The van der Waals surface area contributed by atoms with Gasteiger partial charge in [0.05, 0.1) is 11.3 Å². The highest BCUT2D eigenvalue weighted by Gasteiger charge is 2.13. The third-order valence-electron chi connectivity index (χ3n) is 2.94. The lowest BCUT2D eigenvalue weighted by Gasteiger charge is -2.09. The van der Waals surface area contributed by atoms with Crippen molar-refractivity contribution in [3.63, 3.8) is 0 Å². The molecule has 0 aliphatic heterocycles. The molecule has 0 saturated carbocycles. The number of nitrogens with zero attached hydrogens (tertiary/aromatic N) is 1. The summed E-state index contributed by atoms with van der Waals surface area (Å²) in [7, 11) is 0. The molecule has 1 N–H and O–H groups in total. The molecule has 0 unspecified atom stereocenters. The predicted molar refractivity (Wildman–Crippen MR) is 77.9 cm³/mol. The minimum absolute atomic E-state index is 0.251. The number of carbonyl (C=O) groups is 1. The fourth-order valence-electron chi connectivity index (χ4n) is 2.01. The molecule has 0 fully saturated rings. The Morgan fingerprint density at radius 3 is 2.53 bits per heavy atom. The molecule has 19 heavy (non-hydrogen) atoms. The highest BCUT2D eigenvalue weighted by Crippen LogP contribution is 2.26. The largest absolute Gasteiger partial charge is 0.478 e. The number of rotatable bonds is 3. The molecular formula is C15H15NO2S. The smallest absolute Gasteiger partial charge is 0.338 e. The second kappa shape index (κ2) is 5.45. The third-order valence-corrected chi connectivity index (χ3v) is 3.64. The molecule has 1 aromatic heterocycles. The summed E-state index contributed by atoms with van der Waals surface area (Å²) >= 11 is 1.35. The lowest BCUT2D eigenvalue weighted by molar-refractivity contribution is 0.0692. The van der Waals surface area contributed by atoms with Crippen LogP contribution in [0.2, 0.25) is 0 Å². The van der Waals surface area contributed by atoms with Crippen molar-refractivity contribution in [1.29, 1.82) is 0 Å². The van der Waals surface area contributed by atoms with E-state index < -0.39 is 5.97 Å². The summed E-state index contributed by atoms with van der Waals surface area (Å²) in [6, 6.07) is 9.54. The van der Waals surface area contributed by atoms with Gasteiger partial charge in [0.15, 0.2) is 0 Å². The molecule has 3 nitrogen and oxygen atoms in total. The van der Waals surface area contributed by atoms with Gasteiger partial charge >= 0.3 is 5.97 Å². The van der Waals surface area contributed by atoms with Crippen molar-refractivity contribution in [3.05, 3.63) is 47.0 Å². The van der Waals surface area contributed by atoms with Crippen LogP contribution in [0.25, 0.3) is 11.3 Å². The number of aromatic carboxylic acids is 1. The van der Waals surface area contributed by atoms with Crippen molar-refractivity contribution < 1.29 is 9.90 Å². The molecule has 0 saturated heterocycles. The topological polar surface area (TPSA) is 50.2 Å². The van der Waals surface area contributed by atoms with Crippen LogP contribution in [-0.4, -0.2) is 22.3 Å². The molecule has 2 aromatic rings. The van der Waals surface area contributed by atoms with Crippen LogP contribution in [0.3, 0.4) is 0 Å². The highest BCUT2D eigenvalue weighted by molar-refractivity contribution is 7.98. The summed E-state index contributed by atoms with van der Waals surface area (Å²) in [4.78, 5) is 15.5. The first-order valence-electron chi connectivity index (χ1n) is 5.89. The van der Waals surface area contributed by atoms with Crippen LogP contribution in [0.5, 0.6) is 0 Å². The van der Waals surface area contributed by atoms with E-state index in [1.165, 1.54) is 17.3 Å². The van der Waals surface area contributed by atoms with Crippen molar-refractivity contribution in [2.45, 2.75) is 18.9 Å². The molecule has 0 radical (unpaired) electrons. The van der Waals surface area contributed by atoms with E-state index in [1.807, 2.05) is 32.2 Å². The van der Waals surface area contributed by atoms with E-state index in [0.717, 1.165) is 16.8 Å². The number of thioether (sulfide) groups is 1. The lowest BCUT2D eigenvalue weighted by atomic mass is 10.0. The van der Waals surface area contributed by atoms with Crippen LogP contribution in [0.15, 0.2) is 35.4 Å². The number of aryl methyl sites for hydroxylation is 2. The van der Waals surface area contributed by atoms with Crippen LogP contribution in [0.4, 0.5) is 0 Å². The Kier molecular flexibility index (Phi) is 3.90. The lowest BCUT2D eigenvalue weighted by Crippen LogP contribution is -2.01. The first-order valence-corrected chi connectivity index (χ1v) is 7.11. The molecule has 0 aliphatic rings. The number of hydrogen-bond donors (Lipinski definition) is 1. The zero-order chi connectivity index (χ0) is 14.0. The Bertz CT molecular complexity index is 638. The SMILES string of the molecule is CSc1nc(-c2ccc(C)cc2C)ccc1C(=O)O. The standard InChI is InChI=1S/C15H15NO2S/c1-9-4-5-11(10(2)8-9)13-7-6-12(15(17)18)14(16-13)19-3/h4-8H,1-3H3,(H,17,18). The highest BCUT2D eigenvalue weighted by atomic mass is 32.2. The van der Waals surface area contributed by atoms with Gasteiger partial charge in [0.25, 0.3) is 0 Å². The molecule has 0 spiro atoms. The van der Waals surface area contributed by atoms with Crippen molar-refractivity contribution in [2.75, 3.05) is 6.26 Å². The zero-order valence-electron chi connectivity index (χ0n) is 11.1. The number of pyridine rings is 1. The molecule has 4 heteroatoms. The normalized spacial score (nSPS) is 10.5. The Hall–Kier alpha value is -1.81. The van der Waals surface area contributed by atoms with Crippen LogP contribution in [-0.2, 0) is 0 Å². The maximum absolute atomic E-state index is 11.1. The molecule has 0 atom stereocenters. The van der Waals surface area contributed by atoms with E-state index in [2.05, 4.69) is 11.1 Å². The average Bonchev–Trinajstić information content (AvgIpc) is 2.37. The molecule has 1 aromatic carbocycles. The van der Waals surface area contributed by atoms with Gasteiger partial charge in [-0.25, -0.2) is 9.78 Å². The summed E-state index contributed by atoms with van der Waals surface area (Å²) in [5, 5.41) is 9.64. The number of benzene rings is 1. The molecule has 0 aliphatic carbocycles. The monoisotopic (exact) mass is 273 g/mol. The van der Waals surface area contributed by atoms with Crippen molar-refractivity contribution in [3.8, 4) is 11.3 Å². The Morgan fingerprint density at radius 2 is 1.95 bits per heavy atom. The molecular weight excluding hydrogens is 258 g/mol. The minimum Gasteiger partial charge on any atom is -0.478 e. The van der Waals surface area contributed by atoms with Crippen molar-refractivity contribution >= 4 is 17.7 Å². The maximum Gasteiger partial charge on any atom is 0.338 e. The Balaban J connectivity index is 2.54. The molecule has 0 bridgehead atoms. The van der Waals surface area contributed by atoms with Crippen molar-refractivity contribution in [2.24, 2.45) is 0 Å². The summed E-state index contributed by atoms with van der Waals surface area (Å²) in [6.45, 7) is 4.08. The molecule has 2 rings (SSSR count).